The summed E-state index contributed by atoms with van der Waals surface area (Å²) < 4.78 is 0. The molecule has 0 atom stereocenters. The van der Waals surface area contributed by atoms with Crippen LogP contribution in [0.15, 0.2) is 23.7 Å². The quantitative estimate of drug-likeness (QED) is 0.881. The van der Waals surface area contributed by atoms with Gasteiger partial charge in [-0.25, -0.2) is 4.98 Å². The zero-order valence-corrected chi connectivity index (χ0v) is 10.3. The first-order valence-corrected chi connectivity index (χ1v) is 6.16. The summed E-state index contributed by atoms with van der Waals surface area (Å²) in [4.78, 5) is 9.96. The van der Waals surface area contributed by atoms with Crippen LogP contribution in [0, 0.1) is 13.8 Å². The number of rotatable bonds is 4. The summed E-state index contributed by atoms with van der Waals surface area (Å²) in [5, 5.41) is 3.38. The van der Waals surface area contributed by atoms with Crippen LogP contribution in [0.4, 0.5) is 0 Å². The van der Waals surface area contributed by atoms with Crippen LogP contribution >= 0.6 is 11.3 Å². The molecule has 3 nitrogen and oxygen atoms in total. The van der Waals surface area contributed by atoms with E-state index in [9.17, 15) is 0 Å². The number of aryl methyl sites for hydroxylation is 2. The van der Waals surface area contributed by atoms with Crippen molar-refractivity contribution < 1.29 is 0 Å². The van der Waals surface area contributed by atoms with Crippen molar-refractivity contribution in [3.63, 3.8) is 0 Å². The van der Waals surface area contributed by atoms with Gasteiger partial charge in [-0.3, -0.25) is 4.98 Å². The van der Waals surface area contributed by atoms with Gasteiger partial charge in [-0.1, -0.05) is 6.07 Å². The lowest BCUT2D eigenvalue weighted by Gasteiger charge is -2.04. The molecule has 0 spiro atoms. The summed E-state index contributed by atoms with van der Waals surface area (Å²) in [5.74, 6) is 0. The Morgan fingerprint density at radius 1 is 1.25 bits per heavy atom. The van der Waals surface area contributed by atoms with Crippen LogP contribution in [0.2, 0.25) is 0 Å². The van der Waals surface area contributed by atoms with Gasteiger partial charge >= 0.3 is 0 Å². The highest BCUT2D eigenvalue weighted by atomic mass is 32.1. The van der Waals surface area contributed by atoms with Gasteiger partial charge in [-0.15, -0.1) is 11.3 Å². The van der Waals surface area contributed by atoms with Crippen molar-refractivity contribution >= 4 is 11.3 Å². The Morgan fingerprint density at radius 2 is 2.12 bits per heavy atom. The van der Waals surface area contributed by atoms with Gasteiger partial charge in [0.2, 0.25) is 0 Å². The Labute approximate surface area is 99.6 Å². The summed E-state index contributed by atoms with van der Waals surface area (Å²) in [6.45, 7) is 5.72. The van der Waals surface area contributed by atoms with Crippen LogP contribution in [-0.2, 0) is 13.1 Å². The number of pyridine rings is 1. The van der Waals surface area contributed by atoms with E-state index in [1.54, 1.807) is 11.3 Å². The molecule has 0 aliphatic carbocycles. The van der Waals surface area contributed by atoms with E-state index in [0.717, 1.165) is 30.2 Å². The minimum Gasteiger partial charge on any atom is -0.306 e. The second-order valence-electron chi connectivity index (χ2n) is 3.73. The molecule has 2 aromatic rings. The van der Waals surface area contributed by atoms with E-state index in [2.05, 4.69) is 15.3 Å². The van der Waals surface area contributed by atoms with E-state index in [-0.39, 0.29) is 0 Å². The molecule has 0 aromatic carbocycles. The Kier molecular flexibility index (Phi) is 3.64. The highest BCUT2D eigenvalue weighted by Gasteiger charge is 2.00. The monoisotopic (exact) mass is 233 g/mol. The third-order valence-electron chi connectivity index (χ3n) is 2.38. The lowest BCUT2D eigenvalue weighted by Crippen LogP contribution is -2.13. The first-order valence-electron chi connectivity index (χ1n) is 5.28. The summed E-state index contributed by atoms with van der Waals surface area (Å²) in [6.07, 6.45) is 0. The first kappa shape index (κ1) is 11.2. The average molecular weight is 233 g/mol. The van der Waals surface area contributed by atoms with Crippen LogP contribution in [0.25, 0.3) is 0 Å². The molecule has 0 radical (unpaired) electrons. The predicted octanol–water partition coefficient (Wildman–Crippen LogP) is 2.44. The van der Waals surface area contributed by atoms with Crippen molar-refractivity contribution in [1.29, 1.82) is 0 Å². The van der Waals surface area contributed by atoms with E-state index in [1.807, 2.05) is 37.6 Å². The van der Waals surface area contributed by atoms with Crippen LogP contribution in [-0.4, -0.2) is 9.97 Å². The largest absolute Gasteiger partial charge is 0.306 e. The summed E-state index contributed by atoms with van der Waals surface area (Å²) in [6, 6.07) is 6.09. The van der Waals surface area contributed by atoms with E-state index >= 15 is 0 Å². The summed E-state index contributed by atoms with van der Waals surface area (Å²) in [5.41, 5.74) is 5.15. The van der Waals surface area contributed by atoms with Crippen molar-refractivity contribution in [3.05, 3.63) is 45.7 Å². The van der Waals surface area contributed by atoms with Crippen LogP contribution < -0.4 is 5.32 Å². The smallest absolute Gasteiger partial charge is 0.0798 e. The van der Waals surface area contributed by atoms with Gasteiger partial charge < -0.3 is 5.32 Å². The van der Waals surface area contributed by atoms with Crippen molar-refractivity contribution in [2.75, 3.05) is 0 Å². The first-order chi connectivity index (χ1) is 7.75. The number of thiazole rings is 1. The molecule has 0 saturated heterocycles. The molecule has 1 N–H and O–H groups in total. The van der Waals surface area contributed by atoms with Crippen LogP contribution in [0.3, 0.4) is 0 Å². The fourth-order valence-corrected chi connectivity index (χ4v) is 2.24. The average Bonchev–Trinajstić information content (AvgIpc) is 2.65. The Hall–Kier alpha value is -1.26. The zero-order valence-electron chi connectivity index (χ0n) is 9.53. The molecule has 0 saturated carbocycles. The SMILES string of the molecule is Cc1cccc(CNCc2scnc2C)n1. The Balaban J connectivity index is 1.87. The second-order valence-corrected chi connectivity index (χ2v) is 4.67. The third-order valence-corrected chi connectivity index (χ3v) is 3.32. The van der Waals surface area contributed by atoms with E-state index < -0.39 is 0 Å². The highest BCUT2D eigenvalue weighted by Crippen LogP contribution is 2.11. The van der Waals surface area contributed by atoms with Gasteiger partial charge in [-0.05, 0) is 26.0 Å². The van der Waals surface area contributed by atoms with Crippen LogP contribution in [0.1, 0.15) is 22.0 Å². The maximum absolute atomic E-state index is 4.44. The molecule has 4 heteroatoms. The predicted molar refractivity (Wildman–Crippen MR) is 66.4 cm³/mol. The second kappa shape index (κ2) is 5.18. The third kappa shape index (κ3) is 2.87. The minimum absolute atomic E-state index is 0.805. The summed E-state index contributed by atoms with van der Waals surface area (Å²) >= 11 is 1.69. The molecular formula is C12H15N3S. The number of hydrogen-bond donors (Lipinski definition) is 1. The van der Waals surface area contributed by atoms with Crippen molar-refractivity contribution in [2.45, 2.75) is 26.9 Å². The molecule has 0 unspecified atom stereocenters. The van der Waals surface area contributed by atoms with Crippen molar-refractivity contribution in [1.82, 2.24) is 15.3 Å². The minimum atomic E-state index is 0.805. The molecule has 2 aromatic heterocycles. The fourth-order valence-electron chi connectivity index (χ4n) is 1.50. The number of nitrogens with zero attached hydrogens (tertiary/aromatic N) is 2. The van der Waals surface area contributed by atoms with E-state index in [1.165, 1.54) is 4.88 Å². The Bertz CT molecular complexity index is 465. The number of aromatic nitrogens is 2. The molecule has 0 aliphatic heterocycles. The molecule has 0 aliphatic rings. The van der Waals surface area contributed by atoms with E-state index in [4.69, 9.17) is 0 Å². The standard InChI is InChI=1S/C12H15N3S/c1-9-4-3-5-11(15-9)6-13-7-12-10(2)14-8-16-12/h3-5,8,13H,6-7H2,1-2H3. The highest BCUT2D eigenvalue weighted by molar-refractivity contribution is 7.09. The summed E-state index contributed by atoms with van der Waals surface area (Å²) in [7, 11) is 0. The van der Waals surface area contributed by atoms with E-state index in [0.29, 0.717) is 0 Å². The van der Waals surface area contributed by atoms with Gasteiger partial charge in [0.1, 0.15) is 0 Å². The molecule has 2 rings (SSSR count). The van der Waals surface area contributed by atoms with Gasteiger partial charge in [0, 0.05) is 23.7 Å². The van der Waals surface area contributed by atoms with Crippen molar-refractivity contribution in [2.24, 2.45) is 0 Å². The number of hydrogen-bond acceptors (Lipinski definition) is 4. The molecule has 16 heavy (non-hydrogen) atoms. The lowest BCUT2D eigenvalue weighted by atomic mass is 10.3. The maximum Gasteiger partial charge on any atom is 0.0798 e. The van der Waals surface area contributed by atoms with Gasteiger partial charge in [0.05, 0.1) is 16.9 Å². The topological polar surface area (TPSA) is 37.8 Å². The molecule has 0 amide bonds. The Morgan fingerprint density at radius 3 is 2.81 bits per heavy atom. The van der Waals surface area contributed by atoms with Gasteiger partial charge in [-0.2, -0.15) is 0 Å². The lowest BCUT2D eigenvalue weighted by molar-refractivity contribution is 0.681. The zero-order chi connectivity index (χ0) is 11.4. The normalized spacial score (nSPS) is 10.6. The molecule has 0 bridgehead atoms. The van der Waals surface area contributed by atoms with Gasteiger partial charge in [0.15, 0.2) is 0 Å². The maximum atomic E-state index is 4.44. The van der Waals surface area contributed by atoms with Gasteiger partial charge in [0.25, 0.3) is 0 Å². The van der Waals surface area contributed by atoms with Crippen molar-refractivity contribution in [3.8, 4) is 0 Å². The molecule has 84 valence electrons. The molecular weight excluding hydrogens is 218 g/mol. The van der Waals surface area contributed by atoms with Crippen LogP contribution in [0.5, 0.6) is 0 Å². The number of nitrogens with one attached hydrogen (secondary N) is 1. The molecule has 2 heterocycles. The fraction of sp³-hybridized carbons (Fsp3) is 0.333. The molecule has 0 fully saturated rings.